The van der Waals surface area contributed by atoms with Gasteiger partial charge in [0.2, 0.25) is 10.0 Å². The number of hydrogen-bond acceptors (Lipinski definition) is 4. The van der Waals surface area contributed by atoms with Gasteiger partial charge in [0.25, 0.3) is 0 Å². The Hall–Kier alpha value is -1.08. The van der Waals surface area contributed by atoms with Crippen molar-refractivity contribution in [1.82, 2.24) is 4.72 Å². The molecule has 19 heavy (non-hydrogen) atoms. The number of halogens is 1. The molecule has 0 fully saturated rings. The lowest BCUT2D eigenvalue weighted by molar-refractivity contribution is 0.144. The first kappa shape index (κ1) is 16.0. The molecule has 0 atom stereocenters. The topological polar surface area (TPSA) is 81.4 Å². The van der Waals surface area contributed by atoms with E-state index in [0.29, 0.717) is 18.2 Å². The summed E-state index contributed by atoms with van der Waals surface area (Å²) in [6, 6.07) is 4.25. The molecule has 0 bridgehead atoms. The lowest BCUT2D eigenvalue weighted by atomic mass is 10.3. The quantitative estimate of drug-likeness (QED) is 0.436. The number of nitrogen functional groups attached to an aromatic ring is 1. The Morgan fingerprint density at radius 3 is 2.79 bits per heavy atom. The van der Waals surface area contributed by atoms with Gasteiger partial charge < -0.3 is 10.5 Å². The summed E-state index contributed by atoms with van der Waals surface area (Å²) in [6.45, 7) is 4.55. The van der Waals surface area contributed by atoms with E-state index >= 15 is 0 Å². The highest BCUT2D eigenvalue weighted by Gasteiger charge is 2.16. The van der Waals surface area contributed by atoms with Crippen LogP contribution < -0.4 is 10.5 Å². The molecule has 106 valence electrons. The van der Waals surface area contributed by atoms with Gasteiger partial charge in [0.15, 0.2) is 0 Å². The molecule has 5 nitrogen and oxygen atoms in total. The number of anilines is 1. The molecule has 0 spiro atoms. The molecule has 0 saturated carbocycles. The molecule has 1 rings (SSSR count). The Balaban J connectivity index is 2.54. The normalized spacial score (nSPS) is 11.4. The number of sulfonamides is 1. The average molecular weight is 305 g/mol. The van der Waals surface area contributed by atoms with Crippen LogP contribution in [-0.2, 0) is 14.8 Å². The minimum absolute atomic E-state index is 0.0167. The molecular weight excluding hydrogens is 288 g/mol. The van der Waals surface area contributed by atoms with E-state index in [1.807, 2.05) is 0 Å². The molecule has 0 saturated heterocycles. The Morgan fingerprint density at radius 2 is 2.16 bits per heavy atom. The number of nitrogens with two attached hydrogens (primary N) is 1. The van der Waals surface area contributed by atoms with E-state index in [2.05, 4.69) is 11.3 Å². The van der Waals surface area contributed by atoms with Crippen molar-refractivity contribution in [2.75, 3.05) is 25.5 Å². The Morgan fingerprint density at radius 1 is 1.42 bits per heavy atom. The van der Waals surface area contributed by atoms with E-state index in [9.17, 15) is 8.42 Å². The fourth-order valence-electron chi connectivity index (χ4n) is 1.36. The van der Waals surface area contributed by atoms with Crippen LogP contribution in [0.25, 0.3) is 0 Å². The summed E-state index contributed by atoms with van der Waals surface area (Å²) in [4.78, 5) is 0.0167. The Bertz CT molecular complexity index is 532. The second-order valence-electron chi connectivity index (χ2n) is 3.77. The maximum Gasteiger partial charge on any atom is 0.242 e. The predicted molar refractivity (Wildman–Crippen MR) is 76.7 cm³/mol. The van der Waals surface area contributed by atoms with Gasteiger partial charge in [-0.3, -0.25) is 0 Å². The fraction of sp³-hybridized carbons (Fsp3) is 0.333. The van der Waals surface area contributed by atoms with Crippen molar-refractivity contribution in [3.05, 3.63) is 35.9 Å². The second-order valence-corrected chi connectivity index (χ2v) is 5.94. The van der Waals surface area contributed by atoms with E-state index < -0.39 is 10.0 Å². The maximum absolute atomic E-state index is 11.9. The lowest BCUT2D eigenvalue weighted by Crippen LogP contribution is -2.28. The van der Waals surface area contributed by atoms with Crippen molar-refractivity contribution in [2.24, 2.45) is 0 Å². The minimum atomic E-state index is -3.63. The SMILES string of the molecule is C=CCCOCCNS(=O)(=O)c1ccc(Cl)cc1N. The Labute approximate surface area is 118 Å². The second kappa shape index (κ2) is 7.49. The zero-order chi connectivity index (χ0) is 14.3. The predicted octanol–water partition coefficient (Wildman–Crippen LogP) is 1.79. The zero-order valence-corrected chi connectivity index (χ0v) is 12.0. The van der Waals surface area contributed by atoms with E-state index in [-0.39, 0.29) is 17.1 Å². The van der Waals surface area contributed by atoms with Crippen molar-refractivity contribution in [3.8, 4) is 0 Å². The fourth-order valence-corrected chi connectivity index (χ4v) is 2.66. The van der Waals surface area contributed by atoms with Gasteiger partial charge in [-0.15, -0.1) is 6.58 Å². The van der Waals surface area contributed by atoms with Gasteiger partial charge in [0, 0.05) is 11.6 Å². The van der Waals surface area contributed by atoms with Crippen LogP contribution in [0, 0.1) is 0 Å². The summed E-state index contributed by atoms with van der Waals surface area (Å²) >= 11 is 5.72. The zero-order valence-electron chi connectivity index (χ0n) is 10.4. The van der Waals surface area contributed by atoms with Crippen LogP contribution in [0.2, 0.25) is 5.02 Å². The standard InChI is InChI=1S/C12H17ClN2O3S/c1-2-3-7-18-8-6-15-19(16,17)12-5-4-10(13)9-11(12)14/h2,4-5,9,15H,1,3,6-8,14H2. The van der Waals surface area contributed by atoms with Gasteiger partial charge in [0.05, 0.1) is 18.9 Å². The number of benzene rings is 1. The van der Waals surface area contributed by atoms with E-state index in [1.54, 1.807) is 6.08 Å². The third-order valence-corrected chi connectivity index (χ3v) is 4.04. The molecule has 0 aliphatic rings. The summed E-state index contributed by atoms with van der Waals surface area (Å²) in [5, 5.41) is 0.393. The van der Waals surface area contributed by atoms with Crippen LogP contribution in [0.15, 0.2) is 35.7 Å². The van der Waals surface area contributed by atoms with E-state index in [4.69, 9.17) is 22.1 Å². The van der Waals surface area contributed by atoms with Crippen LogP contribution in [0.4, 0.5) is 5.69 Å². The molecule has 0 unspecified atom stereocenters. The first-order valence-electron chi connectivity index (χ1n) is 5.70. The van der Waals surface area contributed by atoms with Crippen LogP contribution in [0.1, 0.15) is 6.42 Å². The van der Waals surface area contributed by atoms with Gasteiger partial charge in [-0.25, -0.2) is 13.1 Å². The van der Waals surface area contributed by atoms with Gasteiger partial charge in [0.1, 0.15) is 4.90 Å². The van der Waals surface area contributed by atoms with Gasteiger partial charge in [-0.05, 0) is 24.6 Å². The van der Waals surface area contributed by atoms with Gasteiger partial charge in [-0.2, -0.15) is 0 Å². The number of ether oxygens (including phenoxy) is 1. The molecule has 1 aromatic carbocycles. The van der Waals surface area contributed by atoms with Crippen LogP contribution in [0.5, 0.6) is 0 Å². The number of hydrogen-bond donors (Lipinski definition) is 2. The summed E-state index contributed by atoms with van der Waals surface area (Å²) in [5.41, 5.74) is 5.75. The molecule has 0 heterocycles. The van der Waals surface area contributed by atoms with Crippen molar-refractivity contribution >= 4 is 27.3 Å². The highest BCUT2D eigenvalue weighted by atomic mass is 35.5. The largest absolute Gasteiger partial charge is 0.398 e. The van der Waals surface area contributed by atoms with Crippen LogP contribution in [0.3, 0.4) is 0 Å². The molecule has 7 heteroatoms. The summed E-state index contributed by atoms with van der Waals surface area (Å²) in [5.74, 6) is 0. The molecule has 0 amide bonds. The monoisotopic (exact) mass is 304 g/mol. The lowest BCUT2D eigenvalue weighted by Gasteiger charge is -2.09. The van der Waals surface area contributed by atoms with Crippen molar-refractivity contribution < 1.29 is 13.2 Å². The van der Waals surface area contributed by atoms with E-state index in [1.165, 1.54) is 18.2 Å². The first-order valence-corrected chi connectivity index (χ1v) is 7.57. The third kappa shape index (κ3) is 5.20. The highest BCUT2D eigenvalue weighted by molar-refractivity contribution is 7.89. The van der Waals surface area contributed by atoms with E-state index in [0.717, 1.165) is 6.42 Å². The average Bonchev–Trinajstić information content (AvgIpc) is 2.33. The molecule has 0 aliphatic carbocycles. The highest BCUT2D eigenvalue weighted by Crippen LogP contribution is 2.21. The Kier molecular flexibility index (Phi) is 6.30. The van der Waals surface area contributed by atoms with Crippen molar-refractivity contribution in [2.45, 2.75) is 11.3 Å². The van der Waals surface area contributed by atoms with Crippen LogP contribution in [-0.4, -0.2) is 28.2 Å². The van der Waals surface area contributed by atoms with Crippen LogP contribution >= 0.6 is 11.6 Å². The molecule has 0 aromatic heterocycles. The molecule has 3 N–H and O–H groups in total. The van der Waals surface area contributed by atoms with Crippen molar-refractivity contribution in [1.29, 1.82) is 0 Å². The molecule has 0 radical (unpaired) electrons. The minimum Gasteiger partial charge on any atom is -0.398 e. The maximum atomic E-state index is 11.9. The number of nitrogens with one attached hydrogen (secondary N) is 1. The van der Waals surface area contributed by atoms with Crippen molar-refractivity contribution in [3.63, 3.8) is 0 Å². The molecule has 1 aromatic rings. The van der Waals surface area contributed by atoms with Gasteiger partial charge in [-0.1, -0.05) is 17.7 Å². The van der Waals surface area contributed by atoms with Gasteiger partial charge >= 0.3 is 0 Å². The number of rotatable bonds is 8. The molecular formula is C12H17ClN2O3S. The first-order chi connectivity index (χ1) is 8.97. The third-order valence-electron chi connectivity index (χ3n) is 2.27. The summed E-state index contributed by atoms with van der Waals surface area (Å²) < 4.78 is 31.5. The summed E-state index contributed by atoms with van der Waals surface area (Å²) in [6.07, 6.45) is 2.47. The molecule has 0 aliphatic heterocycles. The smallest absolute Gasteiger partial charge is 0.242 e. The summed E-state index contributed by atoms with van der Waals surface area (Å²) in [7, 11) is -3.63.